The summed E-state index contributed by atoms with van der Waals surface area (Å²) in [5.41, 5.74) is 2.65. The second-order valence-electron chi connectivity index (χ2n) is 5.86. The van der Waals surface area contributed by atoms with Crippen LogP contribution in [0.4, 0.5) is 11.4 Å². The molecule has 0 atom stereocenters. The number of hydrogen-bond donors (Lipinski definition) is 2. The van der Waals surface area contributed by atoms with Crippen LogP contribution in [0.15, 0.2) is 42.5 Å². The van der Waals surface area contributed by atoms with Gasteiger partial charge < -0.3 is 14.8 Å². The van der Waals surface area contributed by atoms with Crippen molar-refractivity contribution in [3.05, 3.63) is 48.0 Å². The van der Waals surface area contributed by atoms with E-state index in [0.717, 1.165) is 24.2 Å². The van der Waals surface area contributed by atoms with Gasteiger partial charge in [-0.1, -0.05) is 13.0 Å². The van der Waals surface area contributed by atoms with E-state index in [9.17, 15) is 8.42 Å². The van der Waals surface area contributed by atoms with Gasteiger partial charge in [0.05, 0.1) is 20.0 Å². The molecule has 0 fully saturated rings. The van der Waals surface area contributed by atoms with Crippen LogP contribution in [0.5, 0.6) is 11.5 Å². The van der Waals surface area contributed by atoms with Gasteiger partial charge in [-0.25, -0.2) is 8.42 Å². The predicted octanol–water partition coefficient (Wildman–Crippen LogP) is 3.51. The van der Waals surface area contributed by atoms with E-state index in [2.05, 4.69) is 10.0 Å². The van der Waals surface area contributed by atoms with Crippen LogP contribution in [0.1, 0.15) is 18.9 Å². The molecule has 0 saturated heterocycles. The number of methoxy groups -OCH3 is 2. The van der Waals surface area contributed by atoms with Crippen LogP contribution in [0.25, 0.3) is 0 Å². The summed E-state index contributed by atoms with van der Waals surface area (Å²) in [4.78, 5) is 0. The van der Waals surface area contributed by atoms with Gasteiger partial charge in [0.25, 0.3) is 0 Å². The highest BCUT2D eigenvalue weighted by molar-refractivity contribution is 7.92. The van der Waals surface area contributed by atoms with E-state index in [1.165, 1.54) is 0 Å². The van der Waals surface area contributed by atoms with E-state index >= 15 is 0 Å². The zero-order valence-corrected chi connectivity index (χ0v) is 16.2. The van der Waals surface area contributed by atoms with E-state index < -0.39 is 10.0 Å². The van der Waals surface area contributed by atoms with Crippen LogP contribution in [0.2, 0.25) is 0 Å². The molecule has 6 nitrogen and oxygen atoms in total. The molecular formula is C19H26N2O4S. The van der Waals surface area contributed by atoms with Crippen molar-refractivity contribution >= 4 is 21.4 Å². The Hall–Kier alpha value is -2.41. The Labute approximate surface area is 155 Å². The Bertz CT molecular complexity index is 805. The molecule has 2 rings (SSSR count). The number of rotatable bonds is 10. The van der Waals surface area contributed by atoms with E-state index in [-0.39, 0.29) is 5.75 Å². The molecule has 0 heterocycles. The number of benzene rings is 2. The van der Waals surface area contributed by atoms with Crippen molar-refractivity contribution in [3.63, 3.8) is 0 Å². The molecule has 142 valence electrons. The Balaban J connectivity index is 1.88. The van der Waals surface area contributed by atoms with E-state index in [1.54, 1.807) is 26.4 Å². The average Bonchev–Trinajstić information content (AvgIpc) is 2.62. The van der Waals surface area contributed by atoms with Gasteiger partial charge in [0, 0.05) is 17.9 Å². The van der Waals surface area contributed by atoms with Gasteiger partial charge in [-0.3, -0.25) is 4.72 Å². The number of sulfonamides is 1. The molecule has 7 heteroatoms. The molecule has 0 spiro atoms. The predicted molar refractivity (Wildman–Crippen MR) is 106 cm³/mol. The van der Waals surface area contributed by atoms with Gasteiger partial charge in [-0.2, -0.15) is 0 Å². The Morgan fingerprint density at radius 3 is 2.19 bits per heavy atom. The fraction of sp³-hybridized carbons (Fsp3) is 0.368. The number of ether oxygens (including phenoxy) is 2. The lowest BCUT2D eigenvalue weighted by Gasteiger charge is -2.11. The van der Waals surface area contributed by atoms with Crippen LogP contribution in [0.3, 0.4) is 0 Å². The summed E-state index contributed by atoms with van der Waals surface area (Å²) in [5.74, 6) is 1.55. The minimum Gasteiger partial charge on any atom is -0.493 e. The normalized spacial score (nSPS) is 11.0. The highest BCUT2D eigenvalue weighted by atomic mass is 32.2. The molecule has 0 aromatic heterocycles. The summed E-state index contributed by atoms with van der Waals surface area (Å²) >= 11 is 0. The molecule has 2 aromatic carbocycles. The van der Waals surface area contributed by atoms with Gasteiger partial charge in [0.15, 0.2) is 11.5 Å². The fourth-order valence-corrected chi connectivity index (χ4v) is 3.68. The van der Waals surface area contributed by atoms with Crippen LogP contribution < -0.4 is 19.5 Å². The lowest BCUT2D eigenvalue weighted by atomic mass is 10.1. The molecule has 0 bridgehead atoms. The molecule has 0 radical (unpaired) electrons. The van der Waals surface area contributed by atoms with Gasteiger partial charge in [0.2, 0.25) is 10.0 Å². The highest BCUT2D eigenvalue weighted by Gasteiger charge is 2.08. The zero-order chi connectivity index (χ0) is 19.0. The molecular weight excluding hydrogens is 352 g/mol. The maximum absolute atomic E-state index is 11.8. The maximum atomic E-state index is 11.8. The lowest BCUT2D eigenvalue weighted by Crippen LogP contribution is -2.16. The summed E-state index contributed by atoms with van der Waals surface area (Å²) in [6, 6.07) is 13.1. The van der Waals surface area contributed by atoms with E-state index in [1.807, 2.05) is 37.3 Å². The summed E-state index contributed by atoms with van der Waals surface area (Å²) in [6.45, 7) is 2.58. The second kappa shape index (κ2) is 9.33. The summed E-state index contributed by atoms with van der Waals surface area (Å²) in [6.07, 6.45) is 1.41. The highest BCUT2D eigenvalue weighted by Crippen LogP contribution is 2.27. The van der Waals surface area contributed by atoms with Crippen LogP contribution in [-0.4, -0.2) is 34.9 Å². The van der Waals surface area contributed by atoms with Crippen molar-refractivity contribution in [2.75, 3.05) is 36.6 Å². The Morgan fingerprint density at radius 2 is 1.58 bits per heavy atom. The maximum Gasteiger partial charge on any atom is 0.232 e. The Morgan fingerprint density at radius 1 is 0.923 bits per heavy atom. The molecule has 2 aromatic rings. The molecule has 0 aliphatic rings. The monoisotopic (exact) mass is 378 g/mol. The van der Waals surface area contributed by atoms with Crippen molar-refractivity contribution in [2.45, 2.75) is 19.8 Å². The molecule has 2 N–H and O–H groups in total. The third kappa shape index (κ3) is 5.84. The van der Waals surface area contributed by atoms with Gasteiger partial charge in [0.1, 0.15) is 0 Å². The standard InChI is InChI=1S/C19H26N2O4S/c1-4-13-26(22,23)21-17-8-6-16(7-9-17)20-12-11-15-5-10-18(24-2)19(14-15)25-3/h5-10,14,20-21H,4,11-13H2,1-3H3. The van der Waals surface area contributed by atoms with Crippen molar-refractivity contribution in [3.8, 4) is 11.5 Å². The first-order chi connectivity index (χ1) is 12.5. The molecule has 0 aliphatic heterocycles. The van der Waals surface area contributed by atoms with E-state index in [4.69, 9.17) is 9.47 Å². The van der Waals surface area contributed by atoms with E-state index in [0.29, 0.717) is 23.6 Å². The largest absolute Gasteiger partial charge is 0.493 e. The van der Waals surface area contributed by atoms with Crippen LogP contribution >= 0.6 is 0 Å². The molecule has 0 amide bonds. The molecule has 0 unspecified atom stereocenters. The third-order valence-electron chi connectivity index (χ3n) is 3.82. The first-order valence-electron chi connectivity index (χ1n) is 8.52. The van der Waals surface area contributed by atoms with Crippen LogP contribution in [-0.2, 0) is 16.4 Å². The second-order valence-corrected chi connectivity index (χ2v) is 7.71. The minimum atomic E-state index is -3.26. The first kappa shape index (κ1) is 19.9. The summed E-state index contributed by atoms with van der Waals surface area (Å²) in [7, 11) is -0.0181. The summed E-state index contributed by atoms with van der Waals surface area (Å²) < 4.78 is 36.6. The van der Waals surface area contributed by atoms with Crippen molar-refractivity contribution in [1.82, 2.24) is 0 Å². The van der Waals surface area contributed by atoms with Gasteiger partial charge >= 0.3 is 0 Å². The van der Waals surface area contributed by atoms with Gasteiger partial charge in [-0.05, 0) is 54.8 Å². The fourth-order valence-electron chi connectivity index (χ4n) is 2.54. The number of hydrogen-bond acceptors (Lipinski definition) is 5. The average molecular weight is 378 g/mol. The topological polar surface area (TPSA) is 76.7 Å². The molecule has 26 heavy (non-hydrogen) atoms. The van der Waals surface area contributed by atoms with Crippen molar-refractivity contribution in [1.29, 1.82) is 0 Å². The van der Waals surface area contributed by atoms with Crippen LogP contribution in [0, 0.1) is 0 Å². The smallest absolute Gasteiger partial charge is 0.232 e. The molecule has 0 aliphatic carbocycles. The first-order valence-corrected chi connectivity index (χ1v) is 10.2. The quantitative estimate of drug-likeness (QED) is 0.662. The summed E-state index contributed by atoms with van der Waals surface area (Å²) in [5, 5.41) is 3.33. The SMILES string of the molecule is CCCS(=O)(=O)Nc1ccc(NCCc2ccc(OC)c(OC)c2)cc1. The minimum absolute atomic E-state index is 0.123. The number of anilines is 2. The zero-order valence-electron chi connectivity index (χ0n) is 15.4. The van der Waals surface area contributed by atoms with Crippen molar-refractivity contribution < 1.29 is 17.9 Å². The van der Waals surface area contributed by atoms with Crippen molar-refractivity contribution in [2.24, 2.45) is 0 Å². The number of nitrogens with one attached hydrogen (secondary N) is 2. The molecule has 0 saturated carbocycles. The third-order valence-corrected chi connectivity index (χ3v) is 5.31. The van der Waals surface area contributed by atoms with Gasteiger partial charge in [-0.15, -0.1) is 0 Å². The lowest BCUT2D eigenvalue weighted by molar-refractivity contribution is 0.354. The Kier molecular flexibility index (Phi) is 7.15.